The van der Waals surface area contributed by atoms with Crippen LogP contribution in [0.4, 0.5) is 0 Å². The molecule has 2 aliphatic carbocycles. The highest BCUT2D eigenvalue weighted by Gasteiger charge is 2.66. The van der Waals surface area contributed by atoms with E-state index in [9.17, 15) is 9.59 Å². The van der Waals surface area contributed by atoms with E-state index in [0.717, 1.165) is 12.8 Å². The summed E-state index contributed by atoms with van der Waals surface area (Å²) in [6.45, 7) is 6.40. The maximum absolute atomic E-state index is 12.3. The summed E-state index contributed by atoms with van der Waals surface area (Å²) in [6.07, 6.45) is 2.30. The molecule has 3 atom stereocenters. The Morgan fingerprint density at radius 1 is 1.44 bits per heavy atom. The predicted octanol–water partition coefficient (Wildman–Crippen LogP) is 2.19. The van der Waals surface area contributed by atoms with Gasteiger partial charge in [0.05, 0.1) is 13.5 Å². The van der Waals surface area contributed by atoms with Gasteiger partial charge in [0, 0.05) is 11.3 Å². The second-order valence-electron chi connectivity index (χ2n) is 5.95. The molecule has 0 N–H and O–H groups in total. The molecule has 0 saturated heterocycles. The maximum Gasteiger partial charge on any atom is 0.306 e. The molecule has 2 bridgehead atoms. The molecule has 0 aromatic rings. The van der Waals surface area contributed by atoms with E-state index in [1.165, 1.54) is 7.11 Å². The fourth-order valence-corrected chi connectivity index (χ4v) is 3.77. The van der Waals surface area contributed by atoms with Crippen molar-refractivity contribution in [2.45, 2.75) is 40.0 Å². The van der Waals surface area contributed by atoms with E-state index < -0.39 is 0 Å². The molecular formula is C13H20O3. The molecule has 0 aromatic heterocycles. The topological polar surface area (TPSA) is 43.4 Å². The van der Waals surface area contributed by atoms with Crippen LogP contribution in [0, 0.1) is 22.7 Å². The number of methoxy groups -OCH3 is 1. The van der Waals surface area contributed by atoms with Crippen LogP contribution in [0.3, 0.4) is 0 Å². The lowest BCUT2D eigenvalue weighted by Gasteiger charge is -2.32. The molecule has 0 spiro atoms. The van der Waals surface area contributed by atoms with Gasteiger partial charge in [0.2, 0.25) is 0 Å². The summed E-state index contributed by atoms with van der Waals surface area (Å²) in [5.41, 5.74) is -0.195. The second kappa shape index (κ2) is 3.31. The first-order valence-corrected chi connectivity index (χ1v) is 5.95. The van der Waals surface area contributed by atoms with E-state index in [0.29, 0.717) is 5.92 Å². The molecule has 2 fully saturated rings. The van der Waals surface area contributed by atoms with Crippen LogP contribution in [0.25, 0.3) is 0 Å². The Morgan fingerprint density at radius 2 is 2.06 bits per heavy atom. The Balaban J connectivity index is 2.26. The van der Waals surface area contributed by atoms with Crippen LogP contribution in [-0.4, -0.2) is 18.9 Å². The number of carbonyl (C=O) groups is 2. The van der Waals surface area contributed by atoms with Crippen molar-refractivity contribution in [3.05, 3.63) is 0 Å². The molecule has 2 aliphatic rings. The van der Waals surface area contributed by atoms with Gasteiger partial charge in [0.1, 0.15) is 5.78 Å². The molecule has 3 nitrogen and oxygen atoms in total. The summed E-state index contributed by atoms with van der Waals surface area (Å²) < 4.78 is 4.68. The Bertz CT molecular complexity index is 345. The molecule has 90 valence electrons. The standard InChI is InChI=1S/C13H20O3/c1-12(2)9-5-6-13(12,3)11(15)8(9)7-10(14)16-4/h8-9H,5-7H2,1-4H3. The molecule has 0 radical (unpaired) electrons. The van der Waals surface area contributed by atoms with E-state index in [1.807, 2.05) is 0 Å². The molecule has 0 aliphatic heterocycles. The van der Waals surface area contributed by atoms with Crippen molar-refractivity contribution in [2.24, 2.45) is 22.7 Å². The van der Waals surface area contributed by atoms with Crippen molar-refractivity contribution in [1.29, 1.82) is 0 Å². The maximum atomic E-state index is 12.3. The van der Waals surface area contributed by atoms with E-state index >= 15 is 0 Å². The normalized spacial score (nSPS) is 40.1. The lowest BCUT2D eigenvalue weighted by Crippen LogP contribution is -2.33. The number of rotatable bonds is 2. The highest BCUT2D eigenvalue weighted by molar-refractivity contribution is 5.94. The molecule has 3 heteroatoms. The van der Waals surface area contributed by atoms with Crippen molar-refractivity contribution in [3.8, 4) is 0 Å². The number of hydrogen-bond donors (Lipinski definition) is 0. The van der Waals surface area contributed by atoms with Gasteiger partial charge in [0.15, 0.2) is 0 Å². The number of ether oxygens (including phenoxy) is 1. The number of ketones is 1. The predicted molar refractivity (Wildman–Crippen MR) is 59.7 cm³/mol. The minimum atomic E-state index is -0.259. The average Bonchev–Trinajstić information content (AvgIpc) is 2.53. The Labute approximate surface area is 96.5 Å². The highest BCUT2D eigenvalue weighted by Crippen LogP contribution is 2.66. The summed E-state index contributed by atoms with van der Waals surface area (Å²) in [5, 5.41) is 0. The summed E-state index contributed by atoms with van der Waals surface area (Å²) >= 11 is 0. The van der Waals surface area contributed by atoms with Crippen LogP contribution in [-0.2, 0) is 14.3 Å². The van der Waals surface area contributed by atoms with Crippen LogP contribution in [0.5, 0.6) is 0 Å². The van der Waals surface area contributed by atoms with Gasteiger partial charge in [-0.1, -0.05) is 20.8 Å². The molecule has 16 heavy (non-hydrogen) atoms. The van der Waals surface area contributed by atoms with Gasteiger partial charge < -0.3 is 4.74 Å². The zero-order valence-electron chi connectivity index (χ0n) is 10.5. The van der Waals surface area contributed by atoms with E-state index in [-0.39, 0.29) is 34.9 Å². The van der Waals surface area contributed by atoms with Crippen LogP contribution < -0.4 is 0 Å². The van der Waals surface area contributed by atoms with Crippen LogP contribution >= 0.6 is 0 Å². The van der Waals surface area contributed by atoms with Crippen LogP contribution in [0.2, 0.25) is 0 Å². The third-order valence-electron chi connectivity index (χ3n) is 5.28. The van der Waals surface area contributed by atoms with Gasteiger partial charge in [-0.3, -0.25) is 9.59 Å². The van der Waals surface area contributed by atoms with Gasteiger partial charge in [-0.15, -0.1) is 0 Å². The highest BCUT2D eigenvalue weighted by atomic mass is 16.5. The van der Waals surface area contributed by atoms with Gasteiger partial charge in [-0.25, -0.2) is 0 Å². The molecule has 2 rings (SSSR count). The van der Waals surface area contributed by atoms with Gasteiger partial charge in [-0.05, 0) is 24.2 Å². The first-order chi connectivity index (χ1) is 7.34. The zero-order valence-corrected chi connectivity index (χ0v) is 10.5. The minimum Gasteiger partial charge on any atom is -0.469 e. The largest absolute Gasteiger partial charge is 0.469 e. The fourth-order valence-electron chi connectivity index (χ4n) is 3.77. The van der Waals surface area contributed by atoms with E-state index in [4.69, 9.17) is 0 Å². The third kappa shape index (κ3) is 1.20. The Kier molecular flexibility index (Phi) is 2.41. The lowest BCUT2D eigenvalue weighted by atomic mass is 9.70. The number of Topliss-reactive ketones (excluding diaryl/α,β-unsaturated/α-hetero) is 1. The molecule has 0 amide bonds. The molecule has 3 unspecified atom stereocenters. The number of hydrogen-bond acceptors (Lipinski definition) is 3. The van der Waals surface area contributed by atoms with Gasteiger partial charge in [0.25, 0.3) is 0 Å². The van der Waals surface area contributed by atoms with E-state index in [1.54, 1.807) is 0 Å². The van der Waals surface area contributed by atoms with Crippen molar-refractivity contribution < 1.29 is 14.3 Å². The zero-order chi connectivity index (χ0) is 12.1. The van der Waals surface area contributed by atoms with E-state index in [2.05, 4.69) is 25.5 Å². The summed E-state index contributed by atoms with van der Waals surface area (Å²) in [4.78, 5) is 23.7. The quantitative estimate of drug-likeness (QED) is 0.675. The van der Waals surface area contributed by atoms with Gasteiger partial charge >= 0.3 is 5.97 Å². The molecule has 2 saturated carbocycles. The van der Waals surface area contributed by atoms with Crippen molar-refractivity contribution in [2.75, 3.05) is 7.11 Å². The average molecular weight is 224 g/mol. The Hall–Kier alpha value is -0.860. The second-order valence-corrected chi connectivity index (χ2v) is 5.95. The third-order valence-corrected chi connectivity index (χ3v) is 5.28. The van der Waals surface area contributed by atoms with Crippen molar-refractivity contribution >= 4 is 11.8 Å². The Morgan fingerprint density at radius 3 is 2.50 bits per heavy atom. The number of esters is 1. The fraction of sp³-hybridized carbons (Fsp3) is 0.846. The van der Waals surface area contributed by atoms with Crippen LogP contribution in [0.1, 0.15) is 40.0 Å². The SMILES string of the molecule is COC(=O)CC1C(=O)C2(C)CCC1C2(C)C. The first kappa shape index (κ1) is 11.6. The summed E-state index contributed by atoms with van der Waals surface area (Å²) in [7, 11) is 1.38. The minimum absolute atomic E-state index is 0.0305. The van der Waals surface area contributed by atoms with Gasteiger partial charge in [-0.2, -0.15) is 0 Å². The molecular weight excluding hydrogens is 204 g/mol. The first-order valence-electron chi connectivity index (χ1n) is 5.95. The summed E-state index contributed by atoms with van der Waals surface area (Å²) in [5.74, 6) is 0.259. The molecule has 0 heterocycles. The number of fused-ring (bicyclic) bond motifs is 2. The van der Waals surface area contributed by atoms with Crippen LogP contribution in [0.15, 0.2) is 0 Å². The van der Waals surface area contributed by atoms with Crippen molar-refractivity contribution in [1.82, 2.24) is 0 Å². The smallest absolute Gasteiger partial charge is 0.306 e. The monoisotopic (exact) mass is 224 g/mol. The number of carbonyl (C=O) groups excluding carboxylic acids is 2. The molecule has 0 aromatic carbocycles. The summed E-state index contributed by atoms with van der Waals surface area (Å²) in [6, 6.07) is 0. The van der Waals surface area contributed by atoms with Crippen molar-refractivity contribution in [3.63, 3.8) is 0 Å². The lowest BCUT2D eigenvalue weighted by molar-refractivity contribution is -0.145.